The maximum atomic E-state index is 4.58. The van der Waals surface area contributed by atoms with Gasteiger partial charge in [0.25, 0.3) is 0 Å². The number of nitrogens with zero attached hydrogens (tertiary/aromatic N) is 3. The van der Waals surface area contributed by atoms with Gasteiger partial charge in [-0.3, -0.25) is 0 Å². The van der Waals surface area contributed by atoms with E-state index in [0.717, 1.165) is 25.3 Å². The van der Waals surface area contributed by atoms with E-state index in [9.17, 15) is 0 Å². The lowest BCUT2D eigenvalue weighted by atomic mass is 10.0. The Bertz CT molecular complexity index is 559. The van der Waals surface area contributed by atoms with Crippen LogP contribution in [0.3, 0.4) is 0 Å². The highest BCUT2D eigenvalue weighted by Gasteiger charge is 2.18. The van der Waals surface area contributed by atoms with Crippen molar-refractivity contribution in [3.8, 4) is 0 Å². The van der Waals surface area contributed by atoms with E-state index in [1.807, 2.05) is 12.4 Å². The summed E-state index contributed by atoms with van der Waals surface area (Å²) in [5.41, 5.74) is 2.47. The number of anilines is 1. The van der Waals surface area contributed by atoms with E-state index >= 15 is 0 Å². The third-order valence-electron chi connectivity index (χ3n) is 3.66. The maximum absolute atomic E-state index is 4.58. The molecule has 21 heavy (non-hydrogen) atoms. The van der Waals surface area contributed by atoms with E-state index in [2.05, 4.69) is 72.0 Å². The molecule has 0 saturated heterocycles. The Morgan fingerprint density at radius 3 is 2.76 bits per heavy atom. The zero-order valence-electron chi connectivity index (χ0n) is 13.5. The van der Waals surface area contributed by atoms with Crippen LogP contribution >= 0.6 is 0 Å². The van der Waals surface area contributed by atoms with Gasteiger partial charge in [0.2, 0.25) is 0 Å². The molecule has 2 aromatic rings. The van der Waals surface area contributed by atoms with Crippen molar-refractivity contribution in [2.45, 2.75) is 32.9 Å². The van der Waals surface area contributed by atoms with Gasteiger partial charge in [-0.15, -0.1) is 0 Å². The van der Waals surface area contributed by atoms with Gasteiger partial charge in [-0.05, 0) is 37.6 Å². The molecule has 0 aliphatic heterocycles. The van der Waals surface area contributed by atoms with Crippen molar-refractivity contribution < 1.29 is 0 Å². The van der Waals surface area contributed by atoms with Gasteiger partial charge in [0.1, 0.15) is 5.82 Å². The Morgan fingerprint density at radius 2 is 2.10 bits per heavy atom. The third-order valence-corrected chi connectivity index (χ3v) is 3.66. The largest absolute Gasteiger partial charge is 0.378 e. The normalized spacial score (nSPS) is 12.4. The van der Waals surface area contributed by atoms with Crippen LogP contribution in [0, 0.1) is 0 Å². The summed E-state index contributed by atoms with van der Waals surface area (Å²) in [6.45, 7) is 6.26. The first-order valence-corrected chi connectivity index (χ1v) is 7.69. The topological polar surface area (TPSA) is 33.1 Å². The predicted octanol–water partition coefficient (Wildman–Crippen LogP) is 3.06. The molecule has 1 unspecified atom stereocenters. The molecule has 0 spiro atoms. The lowest BCUT2D eigenvalue weighted by Gasteiger charge is -2.21. The molecular formula is C17H26N4. The zero-order chi connectivity index (χ0) is 15.2. The molecule has 114 valence electrons. The minimum atomic E-state index is 0.139. The SMILES string of the molecule is CCCNC(c1cccc(N(C)C)c1)c1nccn1CC. The van der Waals surface area contributed by atoms with Crippen LogP contribution in [0.4, 0.5) is 5.69 Å². The Hall–Kier alpha value is -1.81. The first-order chi connectivity index (χ1) is 10.2. The number of hydrogen-bond donors (Lipinski definition) is 1. The van der Waals surface area contributed by atoms with Crippen molar-refractivity contribution in [1.29, 1.82) is 0 Å². The fraction of sp³-hybridized carbons (Fsp3) is 0.471. The van der Waals surface area contributed by atoms with Crippen LogP contribution < -0.4 is 10.2 Å². The van der Waals surface area contributed by atoms with Crippen molar-refractivity contribution in [1.82, 2.24) is 14.9 Å². The molecule has 0 saturated carbocycles. The van der Waals surface area contributed by atoms with E-state index in [1.165, 1.54) is 11.3 Å². The molecule has 0 amide bonds. The summed E-state index contributed by atoms with van der Waals surface area (Å²) >= 11 is 0. The number of benzene rings is 1. The molecule has 1 aromatic carbocycles. The summed E-state index contributed by atoms with van der Waals surface area (Å²) in [5, 5.41) is 3.63. The van der Waals surface area contributed by atoms with E-state index in [1.54, 1.807) is 0 Å². The molecule has 0 aliphatic rings. The van der Waals surface area contributed by atoms with E-state index in [4.69, 9.17) is 0 Å². The molecule has 1 atom stereocenters. The maximum Gasteiger partial charge on any atom is 0.130 e. The van der Waals surface area contributed by atoms with Crippen molar-refractivity contribution in [3.05, 3.63) is 48.0 Å². The van der Waals surface area contributed by atoms with Crippen LogP contribution in [0.1, 0.15) is 37.7 Å². The minimum Gasteiger partial charge on any atom is -0.378 e. The second kappa shape index (κ2) is 7.27. The number of aryl methyl sites for hydroxylation is 1. The van der Waals surface area contributed by atoms with Crippen LogP contribution in [0.15, 0.2) is 36.7 Å². The van der Waals surface area contributed by atoms with Gasteiger partial charge in [-0.2, -0.15) is 0 Å². The highest BCUT2D eigenvalue weighted by molar-refractivity contribution is 5.48. The fourth-order valence-electron chi connectivity index (χ4n) is 2.48. The number of imidazole rings is 1. The van der Waals surface area contributed by atoms with Crippen LogP contribution in [0.2, 0.25) is 0 Å². The summed E-state index contributed by atoms with van der Waals surface area (Å²) in [6, 6.07) is 8.80. The molecule has 4 heteroatoms. The number of rotatable bonds is 7. The van der Waals surface area contributed by atoms with Gasteiger partial charge in [0, 0.05) is 38.7 Å². The van der Waals surface area contributed by atoms with Crippen LogP contribution in [0.25, 0.3) is 0 Å². The highest BCUT2D eigenvalue weighted by atomic mass is 15.1. The lowest BCUT2D eigenvalue weighted by molar-refractivity contribution is 0.541. The minimum absolute atomic E-state index is 0.139. The smallest absolute Gasteiger partial charge is 0.130 e. The molecule has 1 aromatic heterocycles. The average molecular weight is 286 g/mol. The Kier molecular flexibility index (Phi) is 5.39. The molecular weight excluding hydrogens is 260 g/mol. The molecule has 2 rings (SSSR count). The summed E-state index contributed by atoms with van der Waals surface area (Å²) in [6.07, 6.45) is 5.04. The van der Waals surface area contributed by atoms with Gasteiger partial charge in [0.15, 0.2) is 0 Å². The molecule has 1 N–H and O–H groups in total. The van der Waals surface area contributed by atoms with Crippen molar-refractivity contribution in [2.24, 2.45) is 0 Å². The third kappa shape index (κ3) is 3.64. The molecule has 0 fully saturated rings. The second-order valence-corrected chi connectivity index (χ2v) is 5.45. The van der Waals surface area contributed by atoms with Crippen molar-refractivity contribution in [2.75, 3.05) is 25.5 Å². The number of hydrogen-bond acceptors (Lipinski definition) is 3. The van der Waals surface area contributed by atoms with Crippen molar-refractivity contribution in [3.63, 3.8) is 0 Å². The molecule has 1 heterocycles. The van der Waals surface area contributed by atoms with Gasteiger partial charge >= 0.3 is 0 Å². The average Bonchev–Trinajstić information content (AvgIpc) is 2.96. The Balaban J connectivity index is 2.38. The molecule has 0 aliphatic carbocycles. The Morgan fingerprint density at radius 1 is 1.29 bits per heavy atom. The number of aromatic nitrogens is 2. The van der Waals surface area contributed by atoms with E-state index in [0.29, 0.717) is 0 Å². The Labute approximate surface area is 127 Å². The first kappa shape index (κ1) is 15.6. The summed E-state index contributed by atoms with van der Waals surface area (Å²) in [7, 11) is 4.14. The van der Waals surface area contributed by atoms with Gasteiger partial charge in [-0.25, -0.2) is 4.98 Å². The fourth-order valence-corrected chi connectivity index (χ4v) is 2.48. The summed E-state index contributed by atoms with van der Waals surface area (Å²) < 4.78 is 2.20. The standard InChI is InChI=1S/C17H26N4/c1-5-10-18-16(17-19-11-12-21(17)6-2)14-8-7-9-15(13-14)20(3)4/h7-9,11-13,16,18H,5-6,10H2,1-4H3. The molecule has 0 bridgehead atoms. The van der Waals surface area contributed by atoms with Crippen LogP contribution in [-0.4, -0.2) is 30.2 Å². The van der Waals surface area contributed by atoms with Crippen LogP contribution in [-0.2, 0) is 6.54 Å². The summed E-state index contributed by atoms with van der Waals surface area (Å²) in [4.78, 5) is 6.71. The van der Waals surface area contributed by atoms with Crippen molar-refractivity contribution >= 4 is 5.69 Å². The zero-order valence-corrected chi connectivity index (χ0v) is 13.5. The van der Waals surface area contributed by atoms with E-state index < -0.39 is 0 Å². The summed E-state index contributed by atoms with van der Waals surface area (Å²) in [5.74, 6) is 1.09. The second-order valence-electron chi connectivity index (χ2n) is 5.45. The first-order valence-electron chi connectivity index (χ1n) is 7.69. The number of nitrogens with one attached hydrogen (secondary N) is 1. The quantitative estimate of drug-likeness (QED) is 0.849. The van der Waals surface area contributed by atoms with Gasteiger partial charge in [0.05, 0.1) is 6.04 Å². The monoisotopic (exact) mass is 286 g/mol. The van der Waals surface area contributed by atoms with E-state index in [-0.39, 0.29) is 6.04 Å². The molecule has 0 radical (unpaired) electrons. The highest BCUT2D eigenvalue weighted by Crippen LogP contribution is 2.24. The van der Waals surface area contributed by atoms with Gasteiger partial charge in [-0.1, -0.05) is 19.1 Å². The van der Waals surface area contributed by atoms with Gasteiger partial charge < -0.3 is 14.8 Å². The van der Waals surface area contributed by atoms with Crippen LogP contribution in [0.5, 0.6) is 0 Å². The lowest BCUT2D eigenvalue weighted by Crippen LogP contribution is -2.26. The molecule has 4 nitrogen and oxygen atoms in total. The predicted molar refractivity (Wildman–Crippen MR) is 88.8 cm³/mol.